The highest BCUT2D eigenvalue weighted by molar-refractivity contribution is 5.71. The van der Waals surface area contributed by atoms with Gasteiger partial charge in [-0.3, -0.25) is 0 Å². The lowest BCUT2D eigenvalue weighted by Crippen LogP contribution is -2.00. The number of aromatic amines is 1. The molecule has 0 amide bonds. The van der Waals surface area contributed by atoms with E-state index in [1.165, 1.54) is 0 Å². The molecule has 0 bridgehead atoms. The zero-order valence-electron chi connectivity index (χ0n) is 10.4. The van der Waals surface area contributed by atoms with E-state index in [-0.39, 0.29) is 0 Å². The Balaban J connectivity index is 2.15. The molecule has 3 aromatic rings. The van der Waals surface area contributed by atoms with Crippen molar-refractivity contribution in [3.05, 3.63) is 36.2 Å². The molecule has 0 atom stereocenters. The maximum atomic E-state index is 5.83. The topological polar surface area (TPSA) is 98.3 Å². The van der Waals surface area contributed by atoms with Crippen molar-refractivity contribution >= 4 is 5.69 Å². The van der Waals surface area contributed by atoms with Crippen LogP contribution in [-0.2, 0) is 6.42 Å². The van der Waals surface area contributed by atoms with Gasteiger partial charge in [-0.25, -0.2) is 4.68 Å². The molecule has 0 aliphatic rings. The average Bonchev–Trinajstić information content (AvgIpc) is 3.10. The first-order valence-corrected chi connectivity index (χ1v) is 5.96. The molecule has 2 aromatic heterocycles. The van der Waals surface area contributed by atoms with Gasteiger partial charge in [-0.1, -0.05) is 6.92 Å². The van der Waals surface area contributed by atoms with Gasteiger partial charge in [0, 0.05) is 11.9 Å². The van der Waals surface area contributed by atoms with Crippen molar-refractivity contribution < 1.29 is 0 Å². The zero-order chi connectivity index (χ0) is 13.2. The lowest BCUT2D eigenvalue weighted by molar-refractivity contribution is 0.841. The van der Waals surface area contributed by atoms with E-state index < -0.39 is 0 Å². The fraction of sp³-hybridized carbons (Fsp3) is 0.167. The Morgan fingerprint density at radius 2 is 2.21 bits per heavy atom. The standard InChI is InChI=1S/C12H13N7/c1-2-9-5-6-19(16-9)11-4-3-8(13)7-10(11)12-14-17-18-15-12/h3-7H,2,13H2,1H3,(H,14,15,17,18). The molecule has 0 aliphatic carbocycles. The smallest absolute Gasteiger partial charge is 0.206 e. The maximum Gasteiger partial charge on any atom is 0.206 e. The van der Waals surface area contributed by atoms with E-state index in [4.69, 9.17) is 5.73 Å². The minimum absolute atomic E-state index is 0.496. The second-order valence-electron chi connectivity index (χ2n) is 4.12. The summed E-state index contributed by atoms with van der Waals surface area (Å²) in [5.41, 5.74) is 9.16. The van der Waals surface area contributed by atoms with E-state index in [2.05, 4.69) is 32.6 Å². The second-order valence-corrected chi connectivity index (χ2v) is 4.12. The van der Waals surface area contributed by atoms with Crippen LogP contribution < -0.4 is 5.73 Å². The lowest BCUT2D eigenvalue weighted by atomic mass is 10.1. The van der Waals surface area contributed by atoms with Crippen LogP contribution in [0.25, 0.3) is 17.1 Å². The van der Waals surface area contributed by atoms with E-state index in [0.717, 1.165) is 23.4 Å². The predicted octanol–water partition coefficient (Wildman–Crippen LogP) is 1.20. The number of anilines is 1. The molecule has 0 spiro atoms. The summed E-state index contributed by atoms with van der Waals surface area (Å²) in [6.45, 7) is 2.07. The Kier molecular flexibility index (Phi) is 2.71. The van der Waals surface area contributed by atoms with Gasteiger partial charge in [0.05, 0.1) is 16.9 Å². The monoisotopic (exact) mass is 255 g/mol. The molecule has 0 saturated carbocycles. The van der Waals surface area contributed by atoms with Crippen molar-refractivity contribution in [1.29, 1.82) is 0 Å². The second kappa shape index (κ2) is 4.52. The summed E-state index contributed by atoms with van der Waals surface area (Å²) in [4.78, 5) is 0. The Morgan fingerprint density at radius 1 is 1.32 bits per heavy atom. The summed E-state index contributed by atoms with van der Waals surface area (Å²) in [7, 11) is 0. The predicted molar refractivity (Wildman–Crippen MR) is 70.5 cm³/mol. The molecular weight excluding hydrogens is 242 g/mol. The van der Waals surface area contributed by atoms with Crippen LogP contribution in [0.4, 0.5) is 5.69 Å². The van der Waals surface area contributed by atoms with Gasteiger partial charge in [0.2, 0.25) is 5.82 Å². The summed E-state index contributed by atoms with van der Waals surface area (Å²) < 4.78 is 1.80. The quantitative estimate of drug-likeness (QED) is 0.685. The SMILES string of the molecule is CCc1ccn(-c2ccc(N)cc2-c2nn[nH]n2)n1. The molecule has 0 radical (unpaired) electrons. The van der Waals surface area contributed by atoms with Gasteiger partial charge >= 0.3 is 0 Å². The Hall–Kier alpha value is -2.70. The molecule has 2 heterocycles. The van der Waals surface area contributed by atoms with Crippen LogP contribution in [-0.4, -0.2) is 30.4 Å². The molecule has 19 heavy (non-hydrogen) atoms. The van der Waals surface area contributed by atoms with Crippen molar-refractivity contribution in [3.63, 3.8) is 0 Å². The minimum atomic E-state index is 0.496. The number of aromatic nitrogens is 6. The van der Waals surface area contributed by atoms with Crippen molar-refractivity contribution in [2.75, 3.05) is 5.73 Å². The fourth-order valence-corrected chi connectivity index (χ4v) is 1.89. The molecule has 1 aromatic carbocycles. The normalized spacial score (nSPS) is 10.8. The lowest BCUT2D eigenvalue weighted by Gasteiger charge is -2.07. The van der Waals surface area contributed by atoms with Gasteiger partial charge in [-0.05, 0) is 35.9 Å². The Morgan fingerprint density at radius 3 is 2.89 bits per heavy atom. The summed E-state index contributed by atoms with van der Waals surface area (Å²) >= 11 is 0. The number of hydrogen-bond acceptors (Lipinski definition) is 5. The number of hydrogen-bond donors (Lipinski definition) is 2. The highest BCUT2D eigenvalue weighted by atomic mass is 15.5. The van der Waals surface area contributed by atoms with Crippen LogP contribution in [0, 0.1) is 0 Å². The van der Waals surface area contributed by atoms with E-state index in [1.54, 1.807) is 4.68 Å². The fourth-order valence-electron chi connectivity index (χ4n) is 1.89. The van der Waals surface area contributed by atoms with Gasteiger partial charge in [-0.15, -0.1) is 10.2 Å². The number of nitrogen functional groups attached to an aromatic ring is 1. The van der Waals surface area contributed by atoms with Crippen molar-refractivity contribution in [2.45, 2.75) is 13.3 Å². The largest absolute Gasteiger partial charge is 0.399 e. The van der Waals surface area contributed by atoms with E-state index in [0.29, 0.717) is 11.5 Å². The molecule has 0 saturated heterocycles. The van der Waals surface area contributed by atoms with Gasteiger partial charge < -0.3 is 5.73 Å². The first-order valence-electron chi connectivity index (χ1n) is 5.96. The molecular formula is C12H13N7. The number of nitrogens with two attached hydrogens (primary N) is 1. The summed E-state index contributed by atoms with van der Waals surface area (Å²) in [6, 6.07) is 7.52. The van der Waals surface area contributed by atoms with Crippen LogP contribution in [0.15, 0.2) is 30.5 Å². The van der Waals surface area contributed by atoms with Gasteiger partial charge in [0.1, 0.15) is 0 Å². The van der Waals surface area contributed by atoms with Crippen LogP contribution in [0.3, 0.4) is 0 Å². The summed E-state index contributed by atoms with van der Waals surface area (Å²) in [5, 5.41) is 18.5. The highest BCUT2D eigenvalue weighted by Crippen LogP contribution is 2.25. The molecule has 3 rings (SSSR count). The van der Waals surface area contributed by atoms with Crippen molar-refractivity contribution in [3.8, 4) is 17.1 Å². The van der Waals surface area contributed by atoms with Crippen LogP contribution in [0.5, 0.6) is 0 Å². The van der Waals surface area contributed by atoms with E-state index in [1.807, 2.05) is 30.5 Å². The highest BCUT2D eigenvalue weighted by Gasteiger charge is 2.12. The zero-order valence-corrected chi connectivity index (χ0v) is 10.4. The first kappa shape index (κ1) is 11.4. The average molecular weight is 255 g/mol. The Bertz CT molecular complexity index is 684. The van der Waals surface area contributed by atoms with Gasteiger partial charge in [0.25, 0.3) is 0 Å². The minimum Gasteiger partial charge on any atom is -0.399 e. The number of rotatable bonds is 3. The van der Waals surface area contributed by atoms with E-state index >= 15 is 0 Å². The third-order valence-corrected chi connectivity index (χ3v) is 2.86. The van der Waals surface area contributed by atoms with Crippen LogP contribution in [0.1, 0.15) is 12.6 Å². The maximum absolute atomic E-state index is 5.83. The van der Waals surface area contributed by atoms with Crippen molar-refractivity contribution in [2.24, 2.45) is 0 Å². The molecule has 0 fully saturated rings. The Labute approximate surface area is 109 Å². The number of nitrogens with zero attached hydrogens (tertiary/aromatic N) is 5. The molecule has 0 unspecified atom stereocenters. The number of nitrogens with one attached hydrogen (secondary N) is 1. The summed E-state index contributed by atoms with van der Waals surface area (Å²) in [5.74, 6) is 0.496. The van der Waals surface area contributed by atoms with Gasteiger partial charge in [0.15, 0.2) is 0 Å². The number of aryl methyl sites for hydroxylation is 1. The number of benzene rings is 1. The first-order chi connectivity index (χ1) is 9.28. The third-order valence-electron chi connectivity index (χ3n) is 2.86. The number of H-pyrrole nitrogens is 1. The number of tetrazole rings is 1. The summed E-state index contributed by atoms with van der Waals surface area (Å²) in [6.07, 6.45) is 2.80. The molecule has 0 aliphatic heterocycles. The molecule has 96 valence electrons. The van der Waals surface area contributed by atoms with Gasteiger partial charge in [-0.2, -0.15) is 10.3 Å². The van der Waals surface area contributed by atoms with Crippen LogP contribution >= 0.6 is 0 Å². The van der Waals surface area contributed by atoms with Crippen LogP contribution in [0.2, 0.25) is 0 Å². The molecule has 3 N–H and O–H groups in total. The molecule has 7 heteroatoms. The third kappa shape index (κ3) is 2.05. The molecule has 7 nitrogen and oxygen atoms in total. The van der Waals surface area contributed by atoms with E-state index in [9.17, 15) is 0 Å². The van der Waals surface area contributed by atoms with Crippen molar-refractivity contribution in [1.82, 2.24) is 30.4 Å².